The van der Waals surface area contributed by atoms with Gasteiger partial charge in [0.05, 0.1) is 37.3 Å². The molecule has 0 aliphatic carbocycles. The molecule has 0 radical (unpaired) electrons. The van der Waals surface area contributed by atoms with Gasteiger partial charge < -0.3 is 5.11 Å². The number of rotatable bonds is 2. The number of hydrogen-bond acceptors (Lipinski definition) is 5. The molecule has 0 saturated carbocycles. The summed E-state index contributed by atoms with van der Waals surface area (Å²) >= 11 is 0. The fourth-order valence-electron chi connectivity index (χ4n) is 1.78. The molecule has 2 heterocycles. The van der Waals surface area contributed by atoms with Crippen LogP contribution in [0.5, 0.6) is 0 Å². The van der Waals surface area contributed by atoms with Gasteiger partial charge in [0, 0.05) is 0 Å². The van der Waals surface area contributed by atoms with Crippen LogP contribution in [0.1, 0.15) is 17.7 Å². The Labute approximate surface area is 96.9 Å². The van der Waals surface area contributed by atoms with E-state index in [1.807, 2.05) is 12.1 Å². The number of H-pyrrole nitrogens is 1. The monoisotopic (exact) mass is 231 g/mol. The van der Waals surface area contributed by atoms with Crippen molar-refractivity contribution in [2.45, 2.75) is 18.9 Å². The lowest BCUT2D eigenvalue weighted by atomic mass is 10.2. The second-order valence-electron chi connectivity index (χ2n) is 3.71. The van der Waals surface area contributed by atoms with Crippen LogP contribution in [0.3, 0.4) is 0 Å². The molecule has 1 atom stereocenters. The number of anilines is 1. The second-order valence-corrected chi connectivity index (χ2v) is 3.71. The number of β-amino-alcohol motifs (C(OH)–C–C–N with tert-alkyl or cyclic N) is 1. The minimum Gasteiger partial charge on any atom is -0.391 e. The van der Waals surface area contributed by atoms with Gasteiger partial charge in [-0.3, -0.25) is 14.8 Å². The van der Waals surface area contributed by atoms with E-state index in [4.69, 9.17) is 10.5 Å². The first kappa shape index (κ1) is 11.1. The third-order valence-corrected chi connectivity index (χ3v) is 2.55. The van der Waals surface area contributed by atoms with Crippen LogP contribution in [-0.2, 0) is 11.2 Å². The van der Waals surface area contributed by atoms with Crippen molar-refractivity contribution in [2.75, 3.05) is 11.4 Å². The topological polar surface area (TPSA) is 117 Å². The summed E-state index contributed by atoms with van der Waals surface area (Å²) in [6.07, 6.45) is -0.670. The van der Waals surface area contributed by atoms with Crippen molar-refractivity contribution in [2.24, 2.45) is 0 Å². The third kappa shape index (κ3) is 1.84. The van der Waals surface area contributed by atoms with Gasteiger partial charge >= 0.3 is 0 Å². The quantitative estimate of drug-likeness (QED) is 0.707. The predicted molar refractivity (Wildman–Crippen MR) is 55.6 cm³/mol. The summed E-state index contributed by atoms with van der Waals surface area (Å²) < 4.78 is 0. The first-order valence-electron chi connectivity index (χ1n) is 5.00. The summed E-state index contributed by atoms with van der Waals surface area (Å²) in [6.45, 7) is 0.129. The standard InChI is InChI=1S/C10H9N5O2/c11-2-1-8-7(4-12)10(14-13-8)15-5-6(16)3-9(15)17/h6,16H,1,3,5H2,(H,13,14). The van der Waals surface area contributed by atoms with Crippen molar-refractivity contribution in [1.82, 2.24) is 10.2 Å². The van der Waals surface area contributed by atoms with E-state index in [0.29, 0.717) is 5.69 Å². The number of amides is 1. The average Bonchev–Trinajstić information content (AvgIpc) is 2.82. The van der Waals surface area contributed by atoms with Crippen LogP contribution in [-0.4, -0.2) is 33.9 Å². The van der Waals surface area contributed by atoms with E-state index in [2.05, 4.69) is 10.2 Å². The summed E-state index contributed by atoms with van der Waals surface area (Å²) in [5.41, 5.74) is 0.577. The molecule has 0 spiro atoms. The molecule has 1 amide bonds. The number of aromatic nitrogens is 2. The van der Waals surface area contributed by atoms with Crippen molar-refractivity contribution in [1.29, 1.82) is 10.5 Å². The van der Waals surface area contributed by atoms with Gasteiger partial charge in [-0.05, 0) is 0 Å². The number of aliphatic hydroxyl groups is 1. The highest BCUT2D eigenvalue weighted by molar-refractivity contribution is 5.96. The van der Waals surface area contributed by atoms with Crippen molar-refractivity contribution < 1.29 is 9.90 Å². The maximum absolute atomic E-state index is 11.6. The Balaban J connectivity index is 2.37. The lowest BCUT2D eigenvalue weighted by Crippen LogP contribution is -2.26. The molecule has 0 bridgehead atoms. The molecule has 7 heteroatoms. The Morgan fingerprint density at radius 2 is 2.35 bits per heavy atom. The largest absolute Gasteiger partial charge is 0.391 e. The number of nitriles is 2. The van der Waals surface area contributed by atoms with E-state index in [1.54, 1.807) is 0 Å². The summed E-state index contributed by atoms with van der Waals surface area (Å²) in [6, 6.07) is 3.83. The fraction of sp³-hybridized carbons (Fsp3) is 0.400. The Bertz CT molecular complexity index is 536. The molecular weight excluding hydrogens is 222 g/mol. The van der Waals surface area contributed by atoms with Gasteiger partial charge in [0.25, 0.3) is 0 Å². The number of carbonyl (C=O) groups excluding carboxylic acids is 1. The first-order chi connectivity index (χ1) is 8.17. The van der Waals surface area contributed by atoms with Crippen molar-refractivity contribution in [3.8, 4) is 12.1 Å². The second kappa shape index (κ2) is 4.24. The summed E-state index contributed by atoms with van der Waals surface area (Å²) in [5, 5.41) is 33.4. The molecule has 0 aromatic carbocycles. The van der Waals surface area contributed by atoms with Crippen LogP contribution in [0.4, 0.5) is 5.82 Å². The molecule has 1 unspecified atom stereocenters. The van der Waals surface area contributed by atoms with Crippen molar-refractivity contribution in [3.05, 3.63) is 11.3 Å². The molecule has 1 saturated heterocycles. The third-order valence-electron chi connectivity index (χ3n) is 2.55. The van der Waals surface area contributed by atoms with Gasteiger partial charge in [0.1, 0.15) is 11.6 Å². The van der Waals surface area contributed by atoms with Crippen LogP contribution in [0.25, 0.3) is 0 Å². The van der Waals surface area contributed by atoms with Crippen LogP contribution in [0.2, 0.25) is 0 Å². The van der Waals surface area contributed by atoms with Gasteiger partial charge in [-0.15, -0.1) is 0 Å². The number of carbonyl (C=O) groups is 1. The van der Waals surface area contributed by atoms with Crippen molar-refractivity contribution in [3.63, 3.8) is 0 Å². The van der Waals surface area contributed by atoms with Crippen LogP contribution in [0.15, 0.2) is 0 Å². The average molecular weight is 231 g/mol. The molecule has 1 fully saturated rings. The Kier molecular flexibility index (Phi) is 2.77. The molecule has 86 valence electrons. The zero-order valence-corrected chi connectivity index (χ0v) is 8.84. The van der Waals surface area contributed by atoms with E-state index < -0.39 is 6.10 Å². The number of aromatic amines is 1. The summed E-state index contributed by atoms with van der Waals surface area (Å²) in [4.78, 5) is 12.8. The number of aliphatic hydroxyl groups excluding tert-OH is 1. The Morgan fingerprint density at radius 1 is 1.59 bits per heavy atom. The van der Waals surface area contributed by atoms with Gasteiger partial charge in [0.2, 0.25) is 5.91 Å². The van der Waals surface area contributed by atoms with E-state index in [-0.39, 0.29) is 36.7 Å². The molecule has 7 nitrogen and oxygen atoms in total. The first-order valence-corrected chi connectivity index (χ1v) is 5.00. The molecule has 17 heavy (non-hydrogen) atoms. The van der Waals surface area contributed by atoms with Crippen molar-refractivity contribution >= 4 is 11.7 Å². The van der Waals surface area contributed by atoms with Crippen LogP contribution in [0, 0.1) is 22.7 Å². The highest BCUT2D eigenvalue weighted by Gasteiger charge is 2.32. The Morgan fingerprint density at radius 3 is 2.88 bits per heavy atom. The summed E-state index contributed by atoms with van der Waals surface area (Å²) in [5.74, 6) is -0.0803. The minimum absolute atomic E-state index is 0.0283. The highest BCUT2D eigenvalue weighted by Crippen LogP contribution is 2.25. The molecular formula is C10H9N5O2. The molecule has 2 rings (SSSR count). The molecule has 1 aromatic rings. The van der Waals surface area contributed by atoms with E-state index in [1.165, 1.54) is 4.90 Å². The number of nitrogens with zero attached hydrogens (tertiary/aromatic N) is 4. The molecule has 2 N–H and O–H groups in total. The lowest BCUT2D eigenvalue weighted by molar-refractivity contribution is -0.117. The van der Waals surface area contributed by atoms with Crippen LogP contribution >= 0.6 is 0 Å². The molecule has 1 aliphatic rings. The maximum Gasteiger partial charge on any atom is 0.230 e. The number of nitrogens with one attached hydrogen (secondary N) is 1. The smallest absolute Gasteiger partial charge is 0.230 e. The summed E-state index contributed by atoms with van der Waals surface area (Å²) in [7, 11) is 0. The lowest BCUT2D eigenvalue weighted by Gasteiger charge is -2.12. The predicted octanol–water partition coefficient (Wildman–Crippen LogP) is -0.555. The molecule has 1 aliphatic heterocycles. The van der Waals surface area contributed by atoms with E-state index >= 15 is 0 Å². The van der Waals surface area contributed by atoms with Gasteiger partial charge in [-0.2, -0.15) is 15.6 Å². The highest BCUT2D eigenvalue weighted by atomic mass is 16.3. The minimum atomic E-state index is -0.731. The fourth-order valence-corrected chi connectivity index (χ4v) is 1.78. The van der Waals surface area contributed by atoms with E-state index in [9.17, 15) is 9.90 Å². The van der Waals surface area contributed by atoms with E-state index in [0.717, 1.165) is 0 Å². The van der Waals surface area contributed by atoms with Crippen LogP contribution < -0.4 is 4.90 Å². The number of hydrogen-bond donors (Lipinski definition) is 2. The SMILES string of the molecule is N#CCc1[nH]nc(N2CC(O)CC2=O)c1C#N. The maximum atomic E-state index is 11.6. The zero-order valence-electron chi connectivity index (χ0n) is 8.84. The van der Waals surface area contributed by atoms with Gasteiger partial charge in [-0.25, -0.2) is 0 Å². The Hall–Kier alpha value is -2.38. The van der Waals surface area contributed by atoms with Gasteiger partial charge in [-0.1, -0.05) is 0 Å². The normalized spacial score (nSPS) is 19.1. The van der Waals surface area contributed by atoms with Gasteiger partial charge in [0.15, 0.2) is 5.82 Å². The zero-order chi connectivity index (χ0) is 12.4. The molecule has 1 aromatic heterocycles.